The fourth-order valence-corrected chi connectivity index (χ4v) is 3.30. The van der Waals surface area contributed by atoms with Gasteiger partial charge in [-0.15, -0.1) is 11.3 Å². The van der Waals surface area contributed by atoms with Crippen molar-refractivity contribution in [1.29, 1.82) is 0 Å². The highest BCUT2D eigenvalue weighted by molar-refractivity contribution is 9.11. The van der Waals surface area contributed by atoms with Crippen LogP contribution >= 0.6 is 27.3 Å². The van der Waals surface area contributed by atoms with Gasteiger partial charge in [-0.3, -0.25) is 0 Å². The molecule has 0 aliphatic carbocycles. The average molecular weight is 310 g/mol. The number of rotatable bonds is 5. The van der Waals surface area contributed by atoms with Crippen LogP contribution in [0.5, 0.6) is 0 Å². The Balaban J connectivity index is 1.79. The molecule has 90 valence electrons. The maximum atomic E-state index is 6.16. The van der Waals surface area contributed by atoms with Crippen LogP contribution in [0.1, 0.15) is 29.3 Å². The molecule has 0 spiro atoms. The molecule has 0 bridgehead atoms. The SMILES string of the molecule is NC(CCCc1ccccc1)c1ccc(Br)s1. The van der Waals surface area contributed by atoms with E-state index in [0.717, 1.165) is 23.0 Å². The van der Waals surface area contributed by atoms with Crippen molar-refractivity contribution in [1.82, 2.24) is 0 Å². The van der Waals surface area contributed by atoms with Gasteiger partial charge in [0.2, 0.25) is 0 Å². The number of hydrogen-bond acceptors (Lipinski definition) is 2. The second-order valence-electron chi connectivity index (χ2n) is 4.13. The third kappa shape index (κ3) is 3.95. The second-order valence-corrected chi connectivity index (χ2v) is 6.62. The molecule has 2 N–H and O–H groups in total. The van der Waals surface area contributed by atoms with Crippen molar-refractivity contribution in [3.8, 4) is 0 Å². The van der Waals surface area contributed by atoms with E-state index in [4.69, 9.17) is 5.73 Å². The third-order valence-corrected chi connectivity index (χ3v) is 4.54. The van der Waals surface area contributed by atoms with E-state index in [-0.39, 0.29) is 6.04 Å². The van der Waals surface area contributed by atoms with Gasteiger partial charge in [0.25, 0.3) is 0 Å². The van der Waals surface area contributed by atoms with Gasteiger partial charge in [0.05, 0.1) is 3.79 Å². The van der Waals surface area contributed by atoms with Crippen molar-refractivity contribution >= 4 is 27.3 Å². The first-order valence-corrected chi connectivity index (χ1v) is 7.41. The number of benzene rings is 1. The average Bonchev–Trinajstić information content (AvgIpc) is 2.77. The summed E-state index contributed by atoms with van der Waals surface area (Å²) >= 11 is 5.20. The summed E-state index contributed by atoms with van der Waals surface area (Å²) < 4.78 is 1.16. The monoisotopic (exact) mass is 309 g/mol. The highest BCUT2D eigenvalue weighted by Gasteiger charge is 2.08. The van der Waals surface area contributed by atoms with Gasteiger partial charge in [-0.25, -0.2) is 0 Å². The Labute approximate surface area is 115 Å². The maximum absolute atomic E-state index is 6.16. The Morgan fingerprint density at radius 2 is 1.88 bits per heavy atom. The van der Waals surface area contributed by atoms with Gasteiger partial charge < -0.3 is 5.73 Å². The first kappa shape index (κ1) is 12.8. The van der Waals surface area contributed by atoms with Gasteiger partial charge in [0.1, 0.15) is 0 Å². The molecule has 1 heterocycles. The number of halogens is 1. The van der Waals surface area contributed by atoms with Gasteiger partial charge >= 0.3 is 0 Å². The van der Waals surface area contributed by atoms with E-state index >= 15 is 0 Å². The molecule has 1 nitrogen and oxygen atoms in total. The second kappa shape index (κ2) is 6.34. The van der Waals surface area contributed by atoms with E-state index in [1.165, 1.54) is 10.4 Å². The minimum Gasteiger partial charge on any atom is -0.323 e. The van der Waals surface area contributed by atoms with Gasteiger partial charge in [-0.1, -0.05) is 30.3 Å². The van der Waals surface area contributed by atoms with Crippen molar-refractivity contribution in [2.75, 3.05) is 0 Å². The zero-order chi connectivity index (χ0) is 12.1. The molecule has 1 atom stereocenters. The summed E-state index contributed by atoms with van der Waals surface area (Å²) in [5, 5.41) is 0. The third-order valence-electron chi connectivity index (χ3n) is 2.78. The highest BCUT2D eigenvalue weighted by Crippen LogP contribution is 2.28. The molecule has 0 aliphatic heterocycles. The summed E-state index contributed by atoms with van der Waals surface area (Å²) in [6.07, 6.45) is 3.30. The first-order valence-electron chi connectivity index (χ1n) is 5.80. The Hall–Kier alpha value is -0.640. The molecule has 0 aliphatic rings. The number of nitrogens with two attached hydrogens (primary N) is 1. The summed E-state index contributed by atoms with van der Waals surface area (Å²) in [6.45, 7) is 0. The van der Waals surface area contributed by atoms with Gasteiger partial charge in [-0.2, -0.15) is 0 Å². The molecular weight excluding hydrogens is 294 g/mol. The molecule has 0 fully saturated rings. The summed E-state index contributed by atoms with van der Waals surface area (Å²) in [6, 6.07) is 14.9. The lowest BCUT2D eigenvalue weighted by Crippen LogP contribution is -2.08. The smallest absolute Gasteiger partial charge is 0.0701 e. The van der Waals surface area contributed by atoms with Crippen molar-refractivity contribution in [3.05, 3.63) is 56.7 Å². The zero-order valence-electron chi connectivity index (χ0n) is 9.60. The number of hydrogen-bond donors (Lipinski definition) is 1. The lowest BCUT2D eigenvalue weighted by molar-refractivity contribution is 0.620. The number of aryl methyl sites for hydroxylation is 1. The van der Waals surface area contributed by atoms with Crippen LogP contribution in [0.4, 0.5) is 0 Å². The predicted octanol–water partition coefficient (Wildman–Crippen LogP) is 4.53. The molecule has 0 saturated heterocycles. The summed E-state index contributed by atoms with van der Waals surface area (Å²) in [4.78, 5) is 1.27. The van der Waals surface area contributed by atoms with Crippen LogP contribution in [-0.4, -0.2) is 0 Å². The minimum absolute atomic E-state index is 0.176. The quantitative estimate of drug-likeness (QED) is 0.862. The summed E-state index contributed by atoms with van der Waals surface area (Å²) in [7, 11) is 0. The van der Waals surface area contributed by atoms with Crippen molar-refractivity contribution in [3.63, 3.8) is 0 Å². The molecule has 1 aromatic carbocycles. The van der Waals surface area contributed by atoms with Crippen LogP contribution < -0.4 is 5.73 Å². The molecule has 17 heavy (non-hydrogen) atoms. The molecule has 1 aromatic heterocycles. The van der Waals surface area contributed by atoms with E-state index in [0.29, 0.717) is 0 Å². The molecule has 1 unspecified atom stereocenters. The van der Waals surface area contributed by atoms with Crippen molar-refractivity contribution < 1.29 is 0 Å². The maximum Gasteiger partial charge on any atom is 0.0701 e. The molecular formula is C14H16BrNS. The molecule has 0 radical (unpaired) electrons. The molecule has 2 aromatic rings. The van der Waals surface area contributed by atoms with E-state index in [1.54, 1.807) is 11.3 Å². The largest absolute Gasteiger partial charge is 0.323 e. The van der Waals surface area contributed by atoms with Gasteiger partial charge in [0, 0.05) is 10.9 Å². The molecule has 0 amide bonds. The van der Waals surface area contributed by atoms with E-state index in [9.17, 15) is 0 Å². The topological polar surface area (TPSA) is 26.0 Å². The highest BCUT2D eigenvalue weighted by atomic mass is 79.9. The van der Waals surface area contributed by atoms with E-state index in [2.05, 4.69) is 58.4 Å². The standard InChI is InChI=1S/C14H16BrNS/c15-14-10-9-13(17-14)12(16)8-4-7-11-5-2-1-3-6-11/h1-3,5-6,9-10,12H,4,7-8,16H2. The Morgan fingerprint density at radius 1 is 1.12 bits per heavy atom. The Bertz CT molecular complexity index is 452. The summed E-state index contributed by atoms with van der Waals surface area (Å²) in [5.41, 5.74) is 7.56. The number of thiophene rings is 1. The molecule has 0 saturated carbocycles. The van der Waals surface area contributed by atoms with Crippen LogP contribution in [0.25, 0.3) is 0 Å². The molecule has 2 rings (SSSR count). The van der Waals surface area contributed by atoms with E-state index < -0.39 is 0 Å². The minimum atomic E-state index is 0.176. The fourth-order valence-electron chi connectivity index (χ4n) is 1.84. The summed E-state index contributed by atoms with van der Waals surface area (Å²) in [5.74, 6) is 0. The van der Waals surface area contributed by atoms with E-state index in [1.807, 2.05) is 0 Å². The zero-order valence-corrected chi connectivity index (χ0v) is 12.0. The van der Waals surface area contributed by atoms with Crippen LogP contribution in [0, 0.1) is 0 Å². The first-order chi connectivity index (χ1) is 8.25. The Kier molecular flexibility index (Phi) is 4.77. The van der Waals surface area contributed by atoms with Crippen molar-refractivity contribution in [2.45, 2.75) is 25.3 Å². The van der Waals surface area contributed by atoms with Crippen LogP contribution in [0.3, 0.4) is 0 Å². The van der Waals surface area contributed by atoms with Crippen molar-refractivity contribution in [2.24, 2.45) is 5.73 Å². The normalized spacial score (nSPS) is 12.6. The Morgan fingerprint density at radius 3 is 2.53 bits per heavy atom. The fraction of sp³-hybridized carbons (Fsp3) is 0.286. The lowest BCUT2D eigenvalue weighted by Gasteiger charge is -2.09. The van der Waals surface area contributed by atoms with Crippen LogP contribution in [0.2, 0.25) is 0 Å². The van der Waals surface area contributed by atoms with Gasteiger partial charge in [-0.05, 0) is 52.9 Å². The predicted molar refractivity (Wildman–Crippen MR) is 78.3 cm³/mol. The van der Waals surface area contributed by atoms with Crippen LogP contribution in [0.15, 0.2) is 46.3 Å². The lowest BCUT2D eigenvalue weighted by atomic mass is 10.0. The molecule has 3 heteroatoms. The van der Waals surface area contributed by atoms with Gasteiger partial charge in [0.15, 0.2) is 0 Å². The van der Waals surface area contributed by atoms with Crippen LogP contribution in [-0.2, 0) is 6.42 Å².